The fourth-order valence-electron chi connectivity index (χ4n) is 3.30. The molecule has 28 heavy (non-hydrogen) atoms. The summed E-state index contributed by atoms with van der Waals surface area (Å²) < 4.78 is 7.12. The Morgan fingerprint density at radius 3 is 2.54 bits per heavy atom. The highest BCUT2D eigenvalue weighted by atomic mass is 35.5. The van der Waals surface area contributed by atoms with Gasteiger partial charge in [-0.3, -0.25) is 14.4 Å². The van der Waals surface area contributed by atoms with Crippen molar-refractivity contribution in [3.05, 3.63) is 47.8 Å². The first-order chi connectivity index (χ1) is 12.6. The van der Waals surface area contributed by atoms with E-state index in [1.165, 1.54) is 5.56 Å². The Morgan fingerprint density at radius 1 is 1.21 bits per heavy atom. The molecule has 1 fully saturated rings. The smallest absolute Gasteiger partial charge is 0.246 e. The van der Waals surface area contributed by atoms with Gasteiger partial charge in [-0.15, -0.1) is 24.8 Å². The molecular weight excluding hydrogens is 401 g/mol. The Bertz CT molecular complexity index is 749. The van der Waals surface area contributed by atoms with E-state index in [1.807, 2.05) is 31.4 Å². The second-order valence-corrected chi connectivity index (χ2v) is 6.61. The monoisotopic (exact) mass is 429 g/mol. The van der Waals surface area contributed by atoms with Crippen molar-refractivity contribution in [2.45, 2.75) is 19.0 Å². The van der Waals surface area contributed by atoms with E-state index in [9.17, 15) is 4.79 Å². The van der Waals surface area contributed by atoms with E-state index in [0.717, 1.165) is 37.6 Å². The summed E-state index contributed by atoms with van der Waals surface area (Å²) in [6.07, 6.45) is 3.55. The van der Waals surface area contributed by atoms with Gasteiger partial charge in [0, 0.05) is 43.6 Å². The van der Waals surface area contributed by atoms with E-state index < -0.39 is 6.04 Å². The third-order valence-corrected chi connectivity index (χ3v) is 4.84. The van der Waals surface area contributed by atoms with Gasteiger partial charge >= 0.3 is 0 Å². The molecule has 0 bridgehead atoms. The van der Waals surface area contributed by atoms with Gasteiger partial charge in [-0.05, 0) is 31.7 Å². The van der Waals surface area contributed by atoms with Crippen LogP contribution in [0.5, 0.6) is 0 Å². The van der Waals surface area contributed by atoms with E-state index in [4.69, 9.17) is 4.74 Å². The van der Waals surface area contributed by atoms with E-state index in [2.05, 4.69) is 33.6 Å². The fraction of sp³-hybridized carbons (Fsp3) is 0.474. The van der Waals surface area contributed by atoms with Gasteiger partial charge in [0.15, 0.2) is 0 Å². The summed E-state index contributed by atoms with van der Waals surface area (Å²) in [5.74, 6) is -0.100. The molecule has 9 heteroatoms. The quantitative estimate of drug-likeness (QED) is 0.737. The third kappa shape index (κ3) is 5.93. The van der Waals surface area contributed by atoms with Crippen molar-refractivity contribution in [1.29, 1.82) is 0 Å². The van der Waals surface area contributed by atoms with Crippen LogP contribution in [-0.4, -0.2) is 53.9 Å². The summed E-state index contributed by atoms with van der Waals surface area (Å²) >= 11 is 0. The van der Waals surface area contributed by atoms with Gasteiger partial charge in [-0.25, -0.2) is 0 Å². The minimum absolute atomic E-state index is 0. The van der Waals surface area contributed by atoms with Crippen LogP contribution in [0.2, 0.25) is 0 Å². The minimum Gasteiger partial charge on any atom is -0.379 e. The Morgan fingerprint density at radius 2 is 1.93 bits per heavy atom. The van der Waals surface area contributed by atoms with Gasteiger partial charge in [-0.1, -0.05) is 12.1 Å². The Balaban J connectivity index is 0.00000196. The van der Waals surface area contributed by atoms with Crippen molar-refractivity contribution in [2.24, 2.45) is 7.05 Å². The van der Waals surface area contributed by atoms with Crippen molar-refractivity contribution >= 4 is 36.4 Å². The number of morpholine rings is 1. The number of benzene rings is 1. The molecule has 0 saturated carbocycles. The van der Waals surface area contributed by atoms with E-state index in [0.29, 0.717) is 0 Å². The number of carbonyl (C=O) groups is 1. The normalized spacial score (nSPS) is 16.4. The molecule has 1 aliphatic rings. The summed E-state index contributed by atoms with van der Waals surface area (Å²) in [4.78, 5) is 15.1. The van der Waals surface area contributed by atoms with Gasteiger partial charge in [0.1, 0.15) is 6.04 Å². The molecular formula is C19H29Cl2N5O2. The molecule has 0 spiro atoms. The molecule has 0 aliphatic carbocycles. The summed E-state index contributed by atoms with van der Waals surface area (Å²) in [7, 11) is 3.61. The Hall–Kier alpha value is -1.64. The molecule has 2 unspecified atom stereocenters. The highest BCUT2D eigenvalue weighted by Gasteiger charge is 2.22. The number of aryl methyl sites for hydroxylation is 1. The molecule has 1 aromatic carbocycles. The van der Waals surface area contributed by atoms with Crippen LogP contribution in [0.3, 0.4) is 0 Å². The molecule has 0 radical (unpaired) electrons. The van der Waals surface area contributed by atoms with Crippen LogP contribution >= 0.6 is 24.8 Å². The molecule has 2 aromatic rings. The first-order valence-corrected chi connectivity index (χ1v) is 8.97. The van der Waals surface area contributed by atoms with Crippen molar-refractivity contribution in [2.75, 3.05) is 38.7 Å². The SMILES string of the molecule is CNC(C(=O)Nc1cccc(C(C)N2CCOCC2)c1)c1cnn(C)c1.Cl.Cl. The maximum atomic E-state index is 12.7. The van der Waals surface area contributed by atoms with E-state index >= 15 is 0 Å². The molecule has 3 rings (SSSR count). The molecule has 1 saturated heterocycles. The largest absolute Gasteiger partial charge is 0.379 e. The number of amides is 1. The standard InChI is InChI=1S/C19H27N5O2.2ClH/c1-14(24-7-9-26-10-8-24)15-5-4-6-17(11-15)22-19(25)18(20-2)16-12-21-23(3)13-16;;/h4-6,11-14,18,20H,7-10H2,1-3H3,(H,22,25);2*1H. The summed E-state index contributed by atoms with van der Waals surface area (Å²) in [5, 5.41) is 10.2. The lowest BCUT2D eigenvalue weighted by Gasteiger charge is -2.32. The average Bonchev–Trinajstić information content (AvgIpc) is 3.08. The first-order valence-electron chi connectivity index (χ1n) is 8.97. The minimum atomic E-state index is -0.441. The average molecular weight is 430 g/mol. The highest BCUT2D eigenvalue weighted by molar-refractivity contribution is 5.95. The Kier molecular flexibility index (Phi) is 9.92. The molecule has 1 aliphatic heterocycles. The number of carbonyl (C=O) groups excluding carboxylic acids is 1. The number of anilines is 1. The van der Waals surface area contributed by atoms with Crippen LogP contribution in [-0.2, 0) is 16.6 Å². The van der Waals surface area contributed by atoms with Gasteiger partial charge in [-0.2, -0.15) is 5.10 Å². The molecule has 1 aromatic heterocycles. The summed E-state index contributed by atoms with van der Waals surface area (Å²) in [6.45, 7) is 5.60. The maximum absolute atomic E-state index is 12.7. The number of hydrogen-bond acceptors (Lipinski definition) is 5. The van der Waals surface area contributed by atoms with Crippen LogP contribution < -0.4 is 10.6 Å². The maximum Gasteiger partial charge on any atom is 0.246 e. The number of rotatable bonds is 6. The van der Waals surface area contributed by atoms with Gasteiger partial charge < -0.3 is 15.4 Å². The van der Waals surface area contributed by atoms with Crippen LogP contribution in [0.25, 0.3) is 0 Å². The number of nitrogens with one attached hydrogen (secondary N) is 2. The Labute approximate surface area is 178 Å². The topological polar surface area (TPSA) is 71.4 Å². The second kappa shape index (κ2) is 11.4. The molecule has 1 amide bonds. The van der Waals surface area contributed by atoms with E-state index in [-0.39, 0.29) is 36.8 Å². The first kappa shape index (κ1) is 24.4. The van der Waals surface area contributed by atoms with Gasteiger partial charge in [0.05, 0.1) is 19.4 Å². The molecule has 2 N–H and O–H groups in total. The number of halogens is 2. The number of nitrogens with zero attached hydrogens (tertiary/aromatic N) is 3. The van der Waals surface area contributed by atoms with Gasteiger partial charge in [0.25, 0.3) is 0 Å². The summed E-state index contributed by atoms with van der Waals surface area (Å²) in [6, 6.07) is 7.91. The van der Waals surface area contributed by atoms with Gasteiger partial charge in [0.2, 0.25) is 5.91 Å². The number of ether oxygens (including phenoxy) is 1. The van der Waals surface area contributed by atoms with Crippen molar-refractivity contribution in [3.8, 4) is 0 Å². The molecule has 7 nitrogen and oxygen atoms in total. The molecule has 156 valence electrons. The second-order valence-electron chi connectivity index (χ2n) is 6.61. The molecule has 2 atom stereocenters. The van der Waals surface area contributed by atoms with Crippen molar-refractivity contribution in [1.82, 2.24) is 20.0 Å². The predicted octanol–water partition coefficient (Wildman–Crippen LogP) is 2.56. The fourth-order valence-corrected chi connectivity index (χ4v) is 3.30. The zero-order chi connectivity index (χ0) is 18.5. The van der Waals surface area contributed by atoms with Crippen LogP contribution in [0, 0.1) is 0 Å². The lowest BCUT2D eigenvalue weighted by Crippen LogP contribution is -2.38. The zero-order valence-electron chi connectivity index (χ0n) is 16.4. The van der Waals surface area contributed by atoms with Crippen LogP contribution in [0.1, 0.15) is 30.1 Å². The van der Waals surface area contributed by atoms with Crippen molar-refractivity contribution < 1.29 is 9.53 Å². The summed E-state index contributed by atoms with van der Waals surface area (Å²) in [5.41, 5.74) is 2.83. The predicted molar refractivity (Wildman–Crippen MR) is 115 cm³/mol. The van der Waals surface area contributed by atoms with Crippen LogP contribution in [0.4, 0.5) is 5.69 Å². The van der Waals surface area contributed by atoms with Crippen molar-refractivity contribution in [3.63, 3.8) is 0 Å². The van der Waals surface area contributed by atoms with Crippen LogP contribution in [0.15, 0.2) is 36.7 Å². The number of likely N-dealkylation sites (N-methyl/N-ethyl adjacent to an activating group) is 1. The lowest BCUT2D eigenvalue weighted by atomic mass is 10.1. The number of hydrogen-bond donors (Lipinski definition) is 2. The zero-order valence-corrected chi connectivity index (χ0v) is 18.1. The lowest BCUT2D eigenvalue weighted by molar-refractivity contribution is -0.118. The highest BCUT2D eigenvalue weighted by Crippen LogP contribution is 2.24. The third-order valence-electron chi connectivity index (χ3n) is 4.84. The number of aromatic nitrogens is 2. The van der Waals surface area contributed by atoms with E-state index in [1.54, 1.807) is 17.9 Å². The molecule has 2 heterocycles.